The van der Waals surface area contributed by atoms with Crippen molar-refractivity contribution in [3.05, 3.63) is 61.8 Å². The minimum atomic E-state index is -0.251. The molecule has 0 aliphatic carbocycles. The van der Waals surface area contributed by atoms with Gasteiger partial charge in [-0.2, -0.15) is 0 Å². The molecule has 9 heteroatoms. The zero-order valence-corrected chi connectivity index (χ0v) is 18.0. The summed E-state index contributed by atoms with van der Waals surface area (Å²) in [5.74, 6) is 0.297. The van der Waals surface area contributed by atoms with E-state index in [0.717, 1.165) is 32.4 Å². The largest absolute Gasteiger partial charge is 0.370 e. The number of fused-ring (bicyclic) bond motifs is 3. The standard InChI is InChI=1S/C21H22N4O3S.ClH/c26-19-13-3-1-2-4-15(13)24-18(25-19)12-23-20(27)17-11-14-16(29-17)5-10-28-21(14)6-8-22-9-7-21;/h1-4,11,22H,5-10,12H2,(H,23,27)(H,24,25,26);1H. The third-order valence-corrected chi connectivity index (χ3v) is 6.91. The Morgan fingerprint density at radius 1 is 1.27 bits per heavy atom. The molecule has 0 radical (unpaired) electrons. The summed E-state index contributed by atoms with van der Waals surface area (Å²) in [6.07, 6.45) is 2.71. The highest BCUT2D eigenvalue weighted by Gasteiger charge is 2.40. The summed E-state index contributed by atoms with van der Waals surface area (Å²) in [4.78, 5) is 34.1. The number of piperidine rings is 1. The zero-order valence-electron chi connectivity index (χ0n) is 16.3. The molecule has 3 N–H and O–H groups in total. The SMILES string of the molecule is Cl.O=C(NCc1nc2ccccc2c(=O)[nH]1)c1cc2c(s1)CCOC21CCNCC1. The minimum Gasteiger partial charge on any atom is -0.370 e. The van der Waals surface area contributed by atoms with Gasteiger partial charge < -0.3 is 20.4 Å². The fourth-order valence-corrected chi connectivity index (χ4v) is 5.39. The molecule has 158 valence electrons. The van der Waals surface area contributed by atoms with Crippen molar-refractivity contribution in [3.8, 4) is 0 Å². The summed E-state index contributed by atoms with van der Waals surface area (Å²) in [7, 11) is 0. The number of carbonyl (C=O) groups is 1. The van der Waals surface area contributed by atoms with Crippen LogP contribution < -0.4 is 16.2 Å². The van der Waals surface area contributed by atoms with Crippen molar-refractivity contribution in [1.82, 2.24) is 20.6 Å². The predicted molar refractivity (Wildman–Crippen MR) is 119 cm³/mol. The number of rotatable bonds is 3. The lowest BCUT2D eigenvalue weighted by Gasteiger charge is -2.40. The summed E-state index contributed by atoms with van der Waals surface area (Å²) >= 11 is 1.55. The molecule has 2 aliphatic rings. The summed E-state index contributed by atoms with van der Waals surface area (Å²) in [6.45, 7) is 2.74. The number of thiophene rings is 1. The third-order valence-electron chi connectivity index (χ3n) is 5.72. The van der Waals surface area contributed by atoms with Crippen LogP contribution in [-0.4, -0.2) is 35.6 Å². The van der Waals surface area contributed by atoms with Crippen molar-refractivity contribution in [2.24, 2.45) is 0 Å². The van der Waals surface area contributed by atoms with Gasteiger partial charge in [0.2, 0.25) is 0 Å². The van der Waals surface area contributed by atoms with E-state index in [1.807, 2.05) is 12.1 Å². The molecule has 1 amide bonds. The second-order valence-electron chi connectivity index (χ2n) is 7.50. The van der Waals surface area contributed by atoms with Crippen LogP contribution in [0.2, 0.25) is 0 Å². The van der Waals surface area contributed by atoms with E-state index < -0.39 is 0 Å². The van der Waals surface area contributed by atoms with Gasteiger partial charge in [0, 0.05) is 11.3 Å². The average Bonchev–Trinajstić information content (AvgIpc) is 3.19. The Morgan fingerprint density at radius 2 is 2.07 bits per heavy atom. The second-order valence-corrected chi connectivity index (χ2v) is 8.64. The normalized spacial score (nSPS) is 17.3. The number of aromatic nitrogens is 2. The molecule has 0 saturated carbocycles. The first kappa shape index (κ1) is 21.0. The van der Waals surface area contributed by atoms with E-state index in [2.05, 4.69) is 20.6 Å². The van der Waals surface area contributed by atoms with Gasteiger partial charge in [-0.05, 0) is 49.7 Å². The number of H-pyrrole nitrogens is 1. The summed E-state index contributed by atoms with van der Waals surface area (Å²) in [5.41, 5.74) is 1.35. The Hall–Kier alpha value is -2.26. The van der Waals surface area contributed by atoms with Gasteiger partial charge in [0.15, 0.2) is 0 Å². The second kappa shape index (κ2) is 8.47. The highest BCUT2D eigenvalue weighted by molar-refractivity contribution is 7.14. The Balaban J connectivity index is 0.00000218. The van der Waals surface area contributed by atoms with E-state index in [1.165, 1.54) is 10.4 Å². The van der Waals surface area contributed by atoms with Crippen LogP contribution >= 0.6 is 23.7 Å². The van der Waals surface area contributed by atoms with E-state index in [-0.39, 0.29) is 36.0 Å². The zero-order chi connectivity index (χ0) is 19.8. The molecule has 0 unspecified atom stereocenters. The van der Waals surface area contributed by atoms with Gasteiger partial charge in [-0.15, -0.1) is 23.7 Å². The van der Waals surface area contributed by atoms with Crippen LogP contribution in [0.25, 0.3) is 10.9 Å². The molecule has 7 nitrogen and oxygen atoms in total. The number of hydrogen-bond acceptors (Lipinski definition) is 6. The number of benzene rings is 1. The average molecular weight is 447 g/mol. The number of amides is 1. The van der Waals surface area contributed by atoms with Crippen LogP contribution in [0.4, 0.5) is 0 Å². The highest BCUT2D eigenvalue weighted by atomic mass is 35.5. The number of aromatic amines is 1. The molecule has 1 fully saturated rings. The van der Waals surface area contributed by atoms with Crippen molar-refractivity contribution in [2.45, 2.75) is 31.4 Å². The van der Waals surface area contributed by atoms with Gasteiger partial charge in [-0.3, -0.25) is 9.59 Å². The number of nitrogens with zero attached hydrogens (tertiary/aromatic N) is 1. The van der Waals surface area contributed by atoms with Crippen molar-refractivity contribution in [2.75, 3.05) is 19.7 Å². The van der Waals surface area contributed by atoms with Gasteiger partial charge >= 0.3 is 0 Å². The number of halogens is 1. The monoisotopic (exact) mass is 446 g/mol. The molecule has 0 atom stereocenters. The predicted octanol–water partition coefficient (Wildman–Crippen LogP) is 2.49. The number of hydrogen-bond donors (Lipinski definition) is 3. The molecular formula is C21H23ClN4O3S. The first-order valence-corrected chi connectivity index (χ1v) is 10.7. The summed E-state index contributed by atoms with van der Waals surface area (Å²) in [5, 5.41) is 6.82. The maximum Gasteiger partial charge on any atom is 0.261 e. The molecule has 2 aromatic heterocycles. The first-order valence-electron chi connectivity index (χ1n) is 9.89. The lowest BCUT2D eigenvalue weighted by molar-refractivity contribution is -0.0792. The molecule has 1 aromatic carbocycles. The first-order chi connectivity index (χ1) is 14.1. The van der Waals surface area contributed by atoms with E-state index in [9.17, 15) is 9.59 Å². The lowest BCUT2D eigenvalue weighted by atomic mass is 9.83. The molecule has 3 aromatic rings. The molecule has 2 aliphatic heterocycles. The summed E-state index contributed by atoms with van der Waals surface area (Å²) < 4.78 is 6.19. The van der Waals surface area contributed by atoms with Gasteiger partial charge in [-0.25, -0.2) is 4.98 Å². The molecule has 1 saturated heterocycles. The Morgan fingerprint density at radius 3 is 2.90 bits per heavy atom. The lowest BCUT2D eigenvalue weighted by Crippen LogP contribution is -2.44. The number of nitrogens with one attached hydrogen (secondary N) is 3. The maximum atomic E-state index is 12.8. The minimum absolute atomic E-state index is 0. The van der Waals surface area contributed by atoms with Crippen LogP contribution in [0.3, 0.4) is 0 Å². The highest BCUT2D eigenvalue weighted by Crippen LogP contribution is 2.43. The van der Waals surface area contributed by atoms with Gasteiger partial charge in [0.05, 0.1) is 34.5 Å². The molecule has 30 heavy (non-hydrogen) atoms. The Bertz CT molecular complexity index is 1140. The maximum absolute atomic E-state index is 12.8. The smallest absolute Gasteiger partial charge is 0.261 e. The number of ether oxygens (including phenoxy) is 1. The number of carbonyl (C=O) groups excluding carboxylic acids is 1. The van der Waals surface area contributed by atoms with Crippen molar-refractivity contribution < 1.29 is 9.53 Å². The van der Waals surface area contributed by atoms with Crippen molar-refractivity contribution in [1.29, 1.82) is 0 Å². The summed E-state index contributed by atoms with van der Waals surface area (Å²) in [6, 6.07) is 9.17. The molecule has 4 heterocycles. The van der Waals surface area contributed by atoms with E-state index in [0.29, 0.717) is 28.2 Å². The van der Waals surface area contributed by atoms with Gasteiger partial charge in [-0.1, -0.05) is 12.1 Å². The Labute approximate surface area is 183 Å². The van der Waals surface area contributed by atoms with Crippen molar-refractivity contribution in [3.63, 3.8) is 0 Å². The quantitative estimate of drug-likeness (QED) is 0.574. The van der Waals surface area contributed by atoms with Crippen LogP contribution in [0.1, 0.15) is 38.8 Å². The van der Waals surface area contributed by atoms with Crippen LogP contribution in [0.5, 0.6) is 0 Å². The van der Waals surface area contributed by atoms with Crippen LogP contribution in [-0.2, 0) is 23.3 Å². The molecule has 5 rings (SSSR count). The molecular weight excluding hydrogens is 424 g/mol. The third kappa shape index (κ3) is 3.76. The molecule has 0 bridgehead atoms. The van der Waals surface area contributed by atoms with E-state index in [1.54, 1.807) is 29.5 Å². The fraction of sp³-hybridized carbons (Fsp3) is 0.381. The Kier molecular flexibility index (Phi) is 5.92. The van der Waals surface area contributed by atoms with E-state index >= 15 is 0 Å². The van der Waals surface area contributed by atoms with Gasteiger partial charge in [0.25, 0.3) is 11.5 Å². The fourth-order valence-electron chi connectivity index (χ4n) is 4.24. The van der Waals surface area contributed by atoms with Gasteiger partial charge in [0.1, 0.15) is 5.82 Å². The molecule has 1 spiro atoms. The number of para-hydroxylation sites is 1. The van der Waals surface area contributed by atoms with E-state index in [4.69, 9.17) is 4.74 Å². The van der Waals surface area contributed by atoms with Crippen molar-refractivity contribution >= 4 is 40.6 Å². The van der Waals surface area contributed by atoms with Crippen LogP contribution in [0.15, 0.2) is 35.1 Å². The van der Waals surface area contributed by atoms with Crippen LogP contribution in [0, 0.1) is 0 Å². The topological polar surface area (TPSA) is 96.1 Å².